The molecule has 144 valence electrons. The molecule has 0 N–H and O–H groups in total. The second-order valence-corrected chi connectivity index (χ2v) is 13.2. The molecule has 0 atom stereocenters. The minimum absolute atomic E-state index is 0.204. The molecule has 0 amide bonds. The maximum Gasteiger partial charge on any atom is 0.227 e. The third kappa shape index (κ3) is 4.42. The number of fused-ring (bicyclic) bond motifs is 1. The van der Waals surface area contributed by atoms with Crippen LogP contribution in [0.5, 0.6) is 5.75 Å². The monoisotopic (exact) mass is 383 g/mol. The number of hydrogen-bond acceptors (Lipinski definition) is 4. The molecule has 0 unspecified atom stereocenters. The van der Waals surface area contributed by atoms with Gasteiger partial charge >= 0.3 is 0 Å². The number of ether oxygens (including phenoxy) is 1. The SMILES string of the molecule is Cc1ccc(-c2nc3ccccc3o2)cc1OCCO[Si](C)(C)C(C)(C)C. The summed E-state index contributed by atoms with van der Waals surface area (Å²) in [6.45, 7) is 14.4. The Labute approximate surface area is 162 Å². The van der Waals surface area contributed by atoms with E-state index in [1.165, 1.54) is 0 Å². The molecule has 0 saturated heterocycles. The lowest BCUT2D eigenvalue weighted by Gasteiger charge is -2.36. The van der Waals surface area contributed by atoms with E-state index < -0.39 is 8.32 Å². The van der Waals surface area contributed by atoms with Gasteiger partial charge in [-0.1, -0.05) is 39.0 Å². The van der Waals surface area contributed by atoms with E-state index in [-0.39, 0.29) is 5.04 Å². The highest BCUT2D eigenvalue weighted by atomic mass is 28.4. The molecule has 0 aliphatic carbocycles. The van der Waals surface area contributed by atoms with Gasteiger partial charge in [-0.25, -0.2) is 4.98 Å². The van der Waals surface area contributed by atoms with Crippen molar-refractivity contribution in [1.29, 1.82) is 0 Å². The quantitative estimate of drug-likeness (QED) is 0.375. The highest BCUT2D eigenvalue weighted by Crippen LogP contribution is 2.36. The average Bonchev–Trinajstić information content (AvgIpc) is 3.03. The molecule has 27 heavy (non-hydrogen) atoms. The summed E-state index contributed by atoms with van der Waals surface area (Å²) in [6.07, 6.45) is 0. The molecule has 0 fully saturated rings. The predicted octanol–water partition coefficient (Wildman–Crippen LogP) is 6.20. The van der Waals surface area contributed by atoms with Crippen LogP contribution >= 0.6 is 0 Å². The van der Waals surface area contributed by atoms with Crippen molar-refractivity contribution in [1.82, 2.24) is 4.98 Å². The van der Waals surface area contributed by atoms with Crippen molar-refractivity contribution in [2.24, 2.45) is 0 Å². The largest absolute Gasteiger partial charge is 0.491 e. The Kier molecular flexibility index (Phi) is 5.45. The summed E-state index contributed by atoms with van der Waals surface area (Å²) in [5, 5.41) is 0.204. The van der Waals surface area contributed by atoms with Crippen molar-refractivity contribution >= 4 is 19.4 Å². The maximum absolute atomic E-state index is 6.19. The number of aryl methyl sites for hydroxylation is 1. The summed E-state index contributed by atoms with van der Waals surface area (Å²) in [7, 11) is -1.74. The number of hydrogen-bond donors (Lipinski definition) is 0. The van der Waals surface area contributed by atoms with Crippen molar-refractivity contribution in [3.63, 3.8) is 0 Å². The number of benzene rings is 2. The summed E-state index contributed by atoms with van der Waals surface area (Å²) < 4.78 is 18.1. The van der Waals surface area contributed by atoms with Crippen LogP contribution in [0, 0.1) is 6.92 Å². The molecule has 0 aliphatic heterocycles. The first-order valence-electron chi connectivity index (χ1n) is 9.41. The molecule has 0 aliphatic rings. The number of rotatable bonds is 6. The Morgan fingerprint density at radius 2 is 1.78 bits per heavy atom. The van der Waals surface area contributed by atoms with Gasteiger partial charge in [-0.15, -0.1) is 0 Å². The van der Waals surface area contributed by atoms with Crippen LogP contribution in [0.1, 0.15) is 26.3 Å². The molecule has 1 heterocycles. The lowest BCUT2D eigenvalue weighted by molar-refractivity contribution is 0.203. The van der Waals surface area contributed by atoms with Gasteiger partial charge in [-0.3, -0.25) is 0 Å². The fourth-order valence-corrected chi connectivity index (χ4v) is 3.58. The van der Waals surface area contributed by atoms with E-state index in [9.17, 15) is 0 Å². The molecule has 3 rings (SSSR count). The summed E-state index contributed by atoms with van der Waals surface area (Å²) in [5.74, 6) is 1.45. The van der Waals surface area contributed by atoms with E-state index in [1.807, 2.05) is 49.4 Å². The van der Waals surface area contributed by atoms with E-state index in [0.29, 0.717) is 19.1 Å². The number of aromatic nitrogens is 1. The van der Waals surface area contributed by atoms with E-state index >= 15 is 0 Å². The minimum atomic E-state index is -1.74. The van der Waals surface area contributed by atoms with Gasteiger partial charge in [-0.2, -0.15) is 0 Å². The van der Waals surface area contributed by atoms with Crippen LogP contribution in [-0.2, 0) is 4.43 Å². The van der Waals surface area contributed by atoms with Gasteiger partial charge in [0, 0.05) is 5.56 Å². The Hall–Kier alpha value is -2.11. The molecular weight excluding hydrogens is 354 g/mol. The molecule has 2 aromatic carbocycles. The zero-order valence-electron chi connectivity index (χ0n) is 17.1. The Bertz CT molecular complexity index is 892. The molecule has 0 bridgehead atoms. The molecule has 0 saturated carbocycles. The first-order valence-corrected chi connectivity index (χ1v) is 12.3. The molecule has 1 aromatic heterocycles. The Balaban J connectivity index is 1.69. The summed E-state index contributed by atoms with van der Waals surface area (Å²) in [5.41, 5.74) is 3.65. The second-order valence-electron chi connectivity index (χ2n) is 8.42. The van der Waals surface area contributed by atoms with E-state index in [0.717, 1.165) is 28.0 Å². The van der Waals surface area contributed by atoms with Crippen LogP contribution < -0.4 is 4.74 Å². The second kappa shape index (κ2) is 7.48. The predicted molar refractivity (Wildman–Crippen MR) is 113 cm³/mol. The smallest absolute Gasteiger partial charge is 0.227 e. The lowest BCUT2D eigenvalue weighted by atomic mass is 10.1. The van der Waals surface area contributed by atoms with Crippen LogP contribution in [0.15, 0.2) is 46.9 Å². The summed E-state index contributed by atoms with van der Waals surface area (Å²) in [6, 6.07) is 13.8. The van der Waals surface area contributed by atoms with Crippen LogP contribution in [-0.4, -0.2) is 26.5 Å². The molecule has 0 radical (unpaired) electrons. The summed E-state index contributed by atoms with van der Waals surface area (Å²) in [4.78, 5) is 4.57. The van der Waals surface area contributed by atoms with Crippen molar-refractivity contribution < 1.29 is 13.6 Å². The van der Waals surface area contributed by atoms with E-state index in [2.05, 4.69) is 38.8 Å². The number of nitrogens with zero attached hydrogens (tertiary/aromatic N) is 1. The van der Waals surface area contributed by atoms with Crippen molar-refractivity contribution in [2.45, 2.75) is 45.8 Å². The molecular formula is C22H29NO3Si. The van der Waals surface area contributed by atoms with Gasteiger partial charge in [0.05, 0.1) is 6.61 Å². The first kappa shape index (κ1) is 19.6. The van der Waals surface area contributed by atoms with E-state index in [4.69, 9.17) is 13.6 Å². The molecule has 0 spiro atoms. The highest BCUT2D eigenvalue weighted by Gasteiger charge is 2.36. The minimum Gasteiger partial charge on any atom is -0.491 e. The van der Waals surface area contributed by atoms with Gasteiger partial charge in [0.2, 0.25) is 5.89 Å². The molecule has 5 heteroatoms. The van der Waals surface area contributed by atoms with Crippen LogP contribution in [0.25, 0.3) is 22.6 Å². The Morgan fingerprint density at radius 1 is 1.04 bits per heavy atom. The van der Waals surface area contributed by atoms with Gasteiger partial charge in [0.1, 0.15) is 17.9 Å². The Morgan fingerprint density at radius 3 is 2.48 bits per heavy atom. The van der Waals surface area contributed by atoms with Crippen molar-refractivity contribution in [2.75, 3.05) is 13.2 Å². The van der Waals surface area contributed by atoms with Crippen LogP contribution in [0.3, 0.4) is 0 Å². The van der Waals surface area contributed by atoms with Crippen LogP contribution in [0.4, 0.5) is 0 Å². The first-order chi connectivity index (χ1) is 12.7. The van der Waals surface area contributed by atoms with Gasteiger partial charge in [0.25, 0.3) is 0 Å². The maximum atomic E-state index is 6.19. The lowest BCUT2D eigenvalue weighted by Crippen LogP contribution is -2.41. The molecule has 3 aromatic rings. The standard InChI is InChI=1S/C22H29NO3Si/c1-16-11-12-17(21-23-18-9-7-8-10-19(18)26-21)15-20(16)24-13-14-25-27(5,6)22(2,3)4/h7-12,15H,13-14H2,1-6H3. The fraction of sp³-hybridized carbons (Fsp3) is 0.409. The number of oxazole rings is 1. The van der Waals surface area contributed by atoms with Gasteiger partial charge in [0.15, 0.2) is 13.9 Å². The zero-order valence-corrected chi connectivity index (χ0v) is 18.1. The fourth-order valence-electron chi connectivity index (χ4n) is 2.55. The topological polar surface area (TPSA) is 44.5 Å². The van der Waals surface area contributed by atoms with Crippen molar-refractivity contribution in [3.8, 4) is 17.2 Å². The normalized spacial score (nSPS) is 12.5. The highest BCUT2D eigenvalue weighted by molar-refractivity contribution is 6.74. The van der Waals surface area contributed by atoms with Crippen LogP contribution in [0.2, 0.25) is 18.1 Å². The van der Waals surface area contributed by atoms with Crippen molar-refractivity contribution in [3.05, 3.63) is 48.0 Å². The molecule has 4 nitrogen and oxygen atoms in total. The third-order valence-electron chi connectivity index (χ3n) is 5.34. The van der Waals surface area contributed by atoms with E-state index in [1.54, 1.807) is 0 Å². The van der Waals surface area contributed by atoms with Gasteiger partial charge < -0.3 is 13.6 Å². The summed E-state index contributed by atoms with van der Waals surface area (Å²) >= 11 is 0. The third-order valence-corrected chi connectivity index (χ3v) is 9.88. The average molecular weight is 384 g/mol. The zero-order chi connectivity index (χ0) is 19.7. The van der Waals surface area contributed by atoms with Gasteiger partial charge in [-0.05, 0) is 54.9 Å². The number of para-hydroxylation sites is 2.